The maximum absolute atomic E-state index is 12.4. The van der Waals surface area contributed by atoms with Crippen LogP contribution in [-0.2, 0) is 16.0 Å². The van der Waals surface area contributed by atoms with E-state index in [-0.39, 0.29) is 17.9 Å². The van der Waals surface area contributed by atoms with E-state index in [0.717, 1.165) is 88.8 Å². The van der Waals surface area contributed by atoms with Gasteiger partial charge >= 0.3 is 0 Å². The SMILES string of the molecule is CCCCc1cc(OC2CCN(C[C@H]3CC[C@H](C(=O)NCCCOC)CC3)CC2)c2ncccc2c1. The minimum atomic E-state index is 0.194. The minimum absolute atomic E-state index is 0.194. The molecule has 1 aromatic carbocycles. The zero-order valence-corrected chi connectivity index (χ0v) is 22.3. The van der Waals surface area contributed by atoms with E-state index in [1.165, 1.54) is 23.8 Å². The van der Waals surface area contributed by atoms with Gasteiger partial charge in [-0.3, -0.25) is 9.78 Å². The number of nitrogens with zero attached hydrogens (tertiary/aromatic N) is 2. The second-order valence-corrected chi connectivity index (χ2v) is 10.7. The largest absolute Gasteiger partial charge is 0.488 e. The molecule has 36 heavy (non-hydrogen) atoms. The number of ether oxygens (including phenoxy) is 2. The fraction of sp³-hybridized carbons (Fsp3) is 0.667. The van der Waals surface area contributed by atoms with Crippen LogP contribution in [0.5, 0.6) is 5.75 Å². The van der Waals surface area contributed by atoms with Gasteiger partial charge in [-0.1, -0.05) is 19.4 Å². The van der Waals surface area contributed by atoms with Gasteiger partial charge in [0.05, 0.1) is 0 Å². The van der Waals surface area contributed by atoms with E-state index in [1.807, 2.05) is 12.3 Å². The van der Waals surface area contributed by atoms with E-state index in [0.29, 0.717) is 12.5 Å². The topological polar surface area (TPSA) is 63.7 Å². The molecule has 6 nitrogen and oxygen atoms in total. The highest BCUT2D eigenvalue weighted by Gasteiger charge is 2.29. The van der Waals surface area contributed by atoms with Gasteiger partial charge in [0.2, 0.25) is 5.91 Å². The Kier molecular flexibility index (Phi) is 10.4. The van der Waals surface area contributed by atoms with Gasteiger partial charge in [0.1, 0.15) is 17.4 Å². The van der Waals surface area contributed by atoms with Crippen LogP contribution in [0.3, 0.4) is 0 Å². The number of hydrogen-bond acceptors (Lipinski definition) is 5. The van der Waals surface area contributed by atoms with Crippen LogP contribution >= 0.6 is 0 Å². The van der Waals surface area contributed by atoms with Crippen LogP contribution in [0, 0.1) is 11.8 Å². The molecule has 0 bridgehead atoms. The fourth-order valence-corrected chi connectivity index (χ4v) is 5.77. The van der Waals surface area contributed by atoms with Crippen molar-refractivity contribution in [2.24, 2.45) is 11.8 Å². The lowest BCUT2D eigenvalue weighted by Crippen LogP contribution is -2.42. The molecule has 198 valence electrons. The van der Waals surface area contributed by atoms with Crippen LogP contribution in [0.2, 0.25) is 0 Å². The second kappa shape index (κ2) is 13.9. The lowest BCUT2D eigenvalue weighted by molar-refractivity contribution is -0.126. The van der Waals surface area contributed by atoms with E-state index in [2.05, 4.69) is 40.3 Å². The van der Waals surface area contributed by atoms with Crippen LogP contribution < -0.4 is 10.1 Å². The highest BCUT2D eigenvalue weighted by Crippen LogP contribution is 2.32. The molecule has 2 aliphatic rings. The number of rotatable bonds is 12. The predicted octanol–water partition coefficient (Wildman–Crippen LogP) is 5.38. The standard InChI is InChI=1S/C30H45N3O3/c1-3-4-7-24-20-26-8-5-15-31-29(26)28(21-24)36-27-13-17-33(18-14-27)22-23-9-11-25(12-10-23)30(34)32-16-6-19-35-2/h5,8,15,20-21,23,25,27H,3-4,6-7,9-14,16-19,22H2,1-2H3,(H,32,34)/t23-,25-. The van der Waals surface area contributed by atoms with Crippen LogP contribution in [0.4, 0.5) is 0 Å². The van der Waals surface area contributed by atoms with Crippen molar-refractivity contribution < 1.29 is 14.3 Å². The van der Waals surface area contributed by atoms with Gasteiger partial charge in [0.25, 0.3) is 0 Å². The Bertz CT molecular complexity index is 950. The summed E-state index contributed by atoms with van der Waals surface area (Å²) >= 11 is 0. The Labute approximate surface area is 217 Å². The normalized spacial score (nSPS) is 21.5. The maximum Gasteiger partial charge on any atom is 0.223 e. The number of hydrogen-bond donors (Lipinski definition) is 1. The first-order valence-electron chi connectivity index (χ1n) is 14.2. The van der Waals surface area contributed by atoms with E-state index < -0.39 is 0 Å². The number of pyridine rings is 1. The number of amides is 1. The number of aromatic nitrogens is 1. The summed E-state index contributed by atoms with van der Waals surface area (Å²) in [5.41, 5.74) is 2.34. The van der Waals surface area contributed by atoms with Crippen molar-refractivity contribution in [1.29, 1.82) is 0 Å². The number of unbranched alkanes of at least 4 members (excludes halogenated alkanes) is 1. The minimum Gasteiger partial charge on any atom is -0.488 e. The number of nitrogens with one attached hydrogen (secondary N) is 1. The molecule has 0 atom stereocenters. The highest BCUT2D eigenvalue weighted by molar-refractivity contribution is 5.85. The lowest BCUT2D eigenvalue weighted by atomic mass is 9.81. The summed E-state index contributed by atoms with van der Waals surface area (Å²) in [6.07, 6.45) is 13.0. The van der Waals surface area contributed by atoms with Gasteiger partial charge < -0.3 is 19.7 Å². The molecular weight excluding hydrogens is 450 g/mol. The van der Waals surface area contributed by atoms with Gasteiger partial charge in [-0.25, -0.2) is 0 Å². The number of carbonyl (C=O) groups excluding carboxylic acids is 1. The molecular formula is C30H45N3O3. The van der Waals surface area contributed by atoms with Crippen molar-refractivity contribution >= 4 is 16.8 Å². The third kappa shape index (κ3) is 7.66. The molecule has 1 aromatic heterocycles. The molecule has 1 amide bonds. The van der Waals surface area contributed by atoms with Gasteiger partial charge in [-0.15, -0.1) is 0 Å². The zero-order valence-electron chi connectivity index (χ0n) is 22.3. The first kappa shape index (κ1) is 26.9. The highest BCUT2D eigenvalue weighted by atomic mass is 16.5. The first-order valence-corrected chi connectivity index (χ1v) is 14.2. The third-order valence-electron chi connectivity index (χ3n) is 7.94. The number of benzene rings is 1. The van der Waals surface area contributed by atoms with Crippen molar-refractivity contribution in [3.05, 3.63) is 36.0 Å². The predicted molar refractivity (Wildman–Crippen MR) is 145 cm³/mol. The molecule has 0 unspecified atom stereocenters. The molecule has 1 aliphatic heterocycles. The molecule has 1 aliphatic carbocycles. The second-order valence-electron chi connectivity index (χ2n) is 10.7. The van der Waals surface area contributed by atoms with Crippen LogP contribution in [0.1, 0.15) is 70.3 Å². The lowest BCUT2D eigenvalue weighted by Gasteiger charge is -2.36. The Hall–Kier alpha value is -2.18. The number of aryl methyl sites for hydroxylation is 1. The summed E-state index contributed by atoms with van der Waals surface area (Å²) in [6.45, 7) is 7.00. The Morgan fingerprint density at radius 3 is 2.67 bits per heavy atom. The maximum atomic E-state index is 12.4. The smallest absolute Gasteiger partial charge is 0.223 e. The van der Waals surface area contributed by atoms with Crippen molar-refractivity contribution in [2.45, 2.75) is 77.2 Å². The van der Waals surface area contributed by atoms with Crippen LogP contribution in [0.25, 0.3) is 10.9 Å². The van der Waals surface area contributed by atoms with Gasteiger partial charge in [-0.2, -0.15) is 0 Å². The van der Waals surface area contributed by atoms with E-state index in [9.17, 15) is 4.79 Å². The van der Waals surface area contributed by atoms with Gasteiger partial charge in [-0.05, 0) is 87.5 Å². The molecule has 1 saturated heterocycles. The van der Waals surface area contributed by atoms with Crippen molar-refractivity contribution in [2.75, 3.05) is 39.9 Å². The summed E-state index contributed by atoms with van der Waals surface area (Å²) in [7, 11) is 1.70. The summed E-state index contributed by atoms with van der Waals surface area (Å²) in [5.74, 6) is 2.10. The fourth-order valence-electron chi connectivity index (χ4n) is 5.77. The zero-order chi connectivity index (χ0) is 25.2. The molecule has 0 spiro atoms. The summed E-state index contributed by atoms with van der Waals surface area (Å²) in [4.78, 5) is 19.7. The van der Waals surface area contributed by atoms with Crippen molar-refractivity contribution in [3.63, 3.8) is 0 Å². The summed E-state index contributed by atoms with van der Waals surface area (Å²) in [6, 6.07) is 8.65. The van der Waals surface area contributed by atoms with E-state index >= 15 is 0 Å². The van der Waals surface area contributed by atoms with Gasteiger partial charge in [0.15, 0.2) is 0 Å². The molecule has 1 saturated carbocycles. The number of fused-ring (bicyclic) bond motifs is 1. The number of piperidine rings is 1. The molecule has 2 aromatic rings. The first-order chi connectivity index (χ1) is 17.7. The molecule has 4 rings (SSSR count). The number of methoxy groups -OCH3 is 1. The van der Waals surface area contributed by atoms with Crippen molar-refractivity contribution in [1.82, 2.24) is 15.2 Å². The molecule has 1 N–H and O–H groups in total. The monoisotopic (exact) mass is 495 g/mol. The van der Waals surface area contributed by atoms with Crippen molar-refractivity contribution in [3.8, 4) is 5.75 Å². The van der Waals surface area contributed by atoms with E-state index in [4.69, 9.17) is 9.47 Å². The summed E-state index contributed by atoms with van der Waals surface area (Å²) < 4.78 is 11.6. The van der Waals surface area contributed by atoms with Crippen LogP contribution in [-0.4, -0.2) is 61.8 Å². The van der Waals surface area contributed by atoms with E-state index in [1.54, 1.807) is 7.11 Å². The molecule has 6 heteroatoms. The van der Waals surface area contributed by atoms with Crippen LogP contribution in [0.15, 0.2) is 30.5 Å². The van der Waals surface area contributed by atoms with Gasteiger partial charge in [0, 0.05) is 57.4 Å². The molecule has 0 radical (unpaired) electrons. The number of likely N-dealkylation sites (tertiary alicyclic amines) is 1. The number of carbonyl (C=O) groups is 1. The quantitative estimate of drug-likeness (QED) is 0.401. The average molecular weight is 496 g/mol. The Morgan fingerprint density at radius 1 is 1.11 bits per heavy atom. The Balaban J connectivity index is 1.21. The Morgan fingerprint density at radius 2 is 1.92 bits per heavy atom. The third-order valence-corrected chi connectivity index (χ3v) is 7.94. The molecule has 2 heterocycles. The molecule has 2 fully saturated rings. The average Bonchev–Trinajstić information content (AvgIpc) is 2.91. The summed E-state index contributed by atoms with van der Waals surface area (Å²) in [5, 5.41) is 4.26.